The van der Waals surface area contributed by atoms with Gasteiger partial charge in [-0.1, -0.05) is 20.3 Å². The number of rotatable bonds is 21. The lowest BCUT2D eigenvalue weighted by atomic mass is 9.99. The molecular formula is C28H44N8O14. The number of hydrogen-bond donors (Lipinski definition) is 11. The average molecular weight is 717 g/mol. The topological polar surface area (TPSA) is 367 Å². The van der Waals surface area contributed by atoms with E-state index < -0.39 is 128 Å². The molecule has 280 valence electrons. The third-order valence-electron chi connectivity index (χ3n) is 7.68. The van der Waals surface area contributed by atoms with Crippen LogP contribution in [0.5, 0.6) is 0 Å². The fourth-order valence-corrected chi connectivity index (χ4v) is 4.71. The van der Waals surface area contributed by atoms with E-state index in [9.17, 15) is 58.2 Å². The summed E-state index contributed by atoms with van der Waals surface area (Å²) in [4.78, 5) is 123. The quantitative estimate of drug-likeness (QED) is 0.0527. The van der Waals surface area contributed by atoms with E-state index in [0.717, 1.165) is 4.90 Å². The molecule has 1 saturated heterocycles. The number of primary amides is 1. The highest BCUT2D eigenvalue weighted by Crippen LogP contribution is 2.20. The van der Waals surface area contributed by atoms with E-state index in [0.29, 0.717) is 6.42 Å². The first-order valence-corrected chi connectivity index (χ1v) is 15.4. The molecule has 0 unspecified atom stereocenters. The van der Waals surface area contributed by atoms with Gasteiger partial charge in [-0.2, -0.15) is 0 Å². The van der Waals surface area contributed by atoms with Gasteiger partial charge in [0.2, 0.25) is 41.4 Å². The molecule has 22 heteroatoms. The van der Waals surface area contributed by atoms with Crippen molar-refractivity contribution in [3.8, 4) is 0 Å². The van der Waals surface area contributed by atoms with Crippen LogP contribution in [0.1, 0.15) is 52.4 Å². The first-order valence-electron chi connectivity index (χ1n) is 15.4. The molecule has 1 rings (SSSR count). The number of carboxylic acids is 3. The molecule has 0 aromatic heterocycles. The van der Waals surface area contributed by atoms with Gasteiger partial charge in [0.1, 0.15) is 30.2 Å². The lowest BCUT2D eigenvalue weighted by Gasteiger charge is -2.30. The van der Waals surface area contributed by atoms with Crippen LogP contribution in [0.4, 0.5) is 0 Å². The van der Waals surface area contributed by atoms with Crippen LogP contribution in [0.2, 0.25) is 0 Å². The second-order valence-corrected chi connectivity index (χ2v) is 11.5. The third kappa shape index (κ3) is 13.6. The van der Waals surface area contributed by atoms with Gasteiger partial charge in [-0.3, -0.25) is 43.2 Å². The zero-order chi connectivity index (χ0) is 38.3. The first-order chi connectivity index (χ1) is 23.3. The van der Waals surface area contributed by atoms with Crippen molar-refractivity contribution in [3.05, 3.63) is 0 Å². The molecule has 1 fully saturated rings. The van der Waals surface area contributed by atoms with E-state index in [1.807, 2.05) is 10.6 Å². The van der Waals surface area contributed by atoms with Crippen molar-refractivity contribution in [3.63, 3.8) is 0 Å². The van der Waals surface area contributed by atoms with Gasteiger partial charge in [-0.05, 0) is 18.8 Å². The summed E-state index contributed by atoms with van der Waals surface area (Å²) in [6.45, 7) is 1.50. The van der Waals surface area contributed by atoms with E-state index in [-0.39, 0.29) is 25.3 Å². The van der Waals surface area contributed by atoms with Crippen LogP contribution >= 0.6 is 0 Å². The number of aliphatic hydroxyl groups excluding tert-OH is 1. The maximum atomic E-state index is 13.4. The number of aliphatic carboxylic acids is 3. The lowest BCUT2D eigenvalue weighted by molar-refractivity contribution is -0.147. The summed E-state index contributed by atoms with van der Waals surface area (Å²) in [7, 11) is 0. The van der Waals surface area contributed by atoms with E-state index in [4.69, 9.17) is 21.7 Å². The van der Waals surface area contributed by atoms with Gasteiger partial charge in [0, 0.05) is 6.54 Å². The fourth-order valence-electron chi connectivity index (χ4n) is 4.71. The molecule has 1 aliphatic rings. The number of hydrogen-bond acceptors (Lipinski definition) is 12. The van der Waals surface area contributed by atoms with E-state index in [1.54, 1.807) is 13.8 Å². The van der Waals surface area contributed by atoms with Gasteiger partial charge in [0.05, 0.1) is 38.5 Å². The Morgan fingerprint density at radius 3 is 1.88 bits per heavy atom. The van der Waals surface area contributed by atoms with Gasteiger partial charge in [-0.25, -0.2) is 4.79 Å². The minimum atomic E-state index is -1.83. The Morgan fingerprint density at radius 2 is 1.36 bits per heavy atom. The number of carboxylic acid groups (broad SMARTS) is 3. The highest BCUT2D eigenvalue weighted by atomic mass is 16.4. The lowest BCUT2D eigenvalue weighted by Crippen LogP contribution is -2.60. The first kappa shape index (κ1) is 42.6. The van der Waals surface area contributed by atoms with E-state index >= 15 is 0 Å². The Balaban J connectivity index is 3.00. The zero-order valence-electron chi connectivity index (χ0n) is 27.4. The van der Waals surface area contributed by atoms with Crippen molar-refractivity contribution < 1.29 is 68.4 Å². The monoisotopic (exact) mass is 716 g/mol. The van der Waals surface area contributed by atoms with Gasteiger partial charge in [0.25, 0.3) is 0 Å². The van der Waals surface area contributed by atoms with Crippen molar-refractivity contribution in [2.24, 2.45) is 17.4 Å². The Bertz CT molecular complexity index is 1330. The Morgan fingerprint density at radius 1 is 0.780 bits per heavy atom. The number of carbonyl (C=O) groups is 10. The van der Waals surface area contributed by atoms with Crippen LogP contribution < -0.4 is 38.1 Å². The molecule has 22 nitrogen and oxygen atoms in total. The number of nitrogens with two attached hydrogens (primary N) is 2. The van der Waals surface area contributed by atoms with Crippen LogP contribution in [-0.4, -0.2) is 141 Å². The molecule has 50 heavy (non-hydrogen) atoms. The Labute approximate surface area is 285 Å². The molecule has 0 bridgehead atoms. The largest absolute Gasteiger partial charge is 0.481 e. The maximum absolute atomic E-state index is 13.4. The van der Waals surface area contributed by atoms with Crippen molar-refractivity contribution in [1.29, 1.82) is 0 Å². The highest BCUT2D eigenvalue weighted by molar-refractivity contribution is 5.98. The molecule has 0 saturated carbocycles. The zero-order valence-corrected chi connectivity index (χ0v) is 27.4. The number of amides is 7. The van der Waals surface area contributed by atoms with Crippen molar-refractivity contribution in [2.75, 3.05) is 19.7 Å². The molecule has 7 amide bonds. The number of nitrogens with zero attached hydrogens (tertiary/aromatic N) is 1. The second kappa shape index (κ2) is 20.2. The summed E-state index contributed by atoms with van der Waals surface area (Å²) in [5.74, 6) is -12.1. The Hall–Kier alpha value is -5.38. The highest BCUT2D eigenvalue weighted by Gasteiger charge is 2.40. The summed E-state index contributed by atoms with van der Waals surface area (Å²) in [5.41, 5.74) is 11.1. The van der Waals surface area contributed by atoms with Gasteiger partial charge in [0.15, 0.2) is 0 Å². The smallest absolute Gasteiger partial charge is 0.326 e. The van der Waals surface area contributed by atoms with Crippen LogP contribution in [0, 0.1) is 5.92 Å². The number of aliphatic hydroxyl groups is 1. The maximum Gasteiger partial charge on any atom is 0.326 e. The van der Waals surface area contributed by atoms with E-state index in [2.05, 4.69) is 16.0 Å². The summed E-state index contributed by atoms with van der Waals surface area (Å²) in [5, 5.41) is 47.5. The van der Waals surface area contributed by atoms with E-state index in [1.165, 1.54) is 0 Å². The van der Waals surface area contributed by atoms with Crippen molar-refractivity contribution >= 4 is 59.3 Å². The van der Waals surface area contributed by atoms with Crippen LogP contribution in [0.3, 0.4) is 0 Å². The molecular weight excluding hydrogens is 672 g/mol. The van der Waals surface area contributed by atoms with Crippen LogP contribution in [-0.2, 0) is 47.9 Å². The second-order valence-electron chi connectivity index (χ2n) is 11.5. The fraction of sp³-hybridized carbons (Fsp3) is 0.643. The molecule has 7 atom stereocenters. The molecule has 13 N–H and O–H groups in total. The SMILES string of the molecule is CC[C@H](C)[C@H](N)C(=O)N[C@@H](CC(=O)O)C(=O)N1CCC[C@H]1C(=O)N[C@@H](CO)C(=O)N[C@@H](CC(N)=O)C(=O)NCC(=O)N[C@@H](CC(=O)O)C(=O)O. The van der Waals surface area contributed by atoms with Crippen LogP contribution in [0.25, 0.3) is 0 Å². The summed E-state index contributed by atoms with van der Waals surface area (Å²) in [6.07, 6.45) is -1.76. The normalized spacial score (nSPS) is 17.4. The summed E-state index contributed by atoms with van der Waals surface area (Å²) >= 11 is 0. The summed E-state index contributed by atoms with van der Waals surface area (Å²) in [6, 6.07) is -9.24. The number of likely N-dealkylation sites (tertiary alicyclic amines) is 1. The van der Waals surface area contributed by atoms with Gasteiger partial charge in [-0.15, -0.1) is 0 Å². The molecule has 1 heterocycles. The molecule has 0 radical (unpaired) electrons. The number of carbonyl (C=O) groups excluding carboxylic acids is 7. The molecule has 0 aromatic carbocycles. The third-order valence-corrected chi connectivity index (χ3v) is 7.68. The average Bonchev–Trinajstić information content (AvgIpc) is 3.53. The minimum absolute atomic E-state index is 0.0196. The molecule has 0 aromatic rings. The van der Waals surface area contributed by atoms with Gasteiger partial charge < -0.3 is 63.4 Å². The number of nitrogens with one attached hydrogen (secondary N) is 5. The molecule has 1 aliphatic heterocycles. The molecule has 0 aliphatic carbocycles. The van der Waals surface area contributed by atoms with Gasteiger partial charge >= 0.3 is 17.9 Å². The van der Waals surface area contributed by atoms with Crippen LogP contribution in [0.15, 0.2) is 0 Å². The molecule has 0 spiro atoms. The predicted octanol–water partition coefficient (Wildman–Crippen LogP) is -5.69. The Kier molecular flexibility index (Phi) is 17.2. The summed E-state index contributed by atoms with van der Waals surface area (Å²) < 4.78 is 0. The minimum Gasteiger partial charge on any atom is -0.481 e. The van der Waals surface area contributed by atoms with Crippen molar-refractivity contribution in [2.45, 2.75) is 88.6 Å². The predicted molar refractivity (Wildman–Crippen MR) is 166 cm³/mol. The van der Waals surface area contributed by atoms with Crippen molar-refractivity contribution in [1.82, 2.24) is 31.5 Å². The standard InChI is InChI=1S/C28H44N8O14/c1-3-12(2)22(30)26(47)34-14(8-20(40)41)27(48)36-6-4-5-17(36)25(46)35-16(11-37)24(45)33-13(7-18(29)38)23(44)31-10-19(39)32-15(28(49)50)9-21(42)43/h12-17,22,37H,3-11,30H2,1-2H3,(H2,29,38)(H,31,44)(H,32,39)(H,33,45)(H,34,47)(H,35,46)(H,40,41)(H,42,43)(H,49,50)/t12-,13-,14-,15-,16-,17-,22-/m0/s1.